The van der Waals surface area contributed by atoms with E-state index in [0.717, 1.165) is 10.6 Å². The average molecular weight is 311 g/mol. The van der Waals surface area contributed by atoms with Gasteiger partial charge in [0.1, 0.15) is 0 Å². The average Bonchev–Trinajstić information content (AvgIpc) is 2.79. The maximum absolute atomic E-state index is 12.2. The van der Waals surface area contributed by atoms with Crippen LogP contribution in [0.4, 0.5) is 0 Å². The number of benzene rings is 2. The van der Waals surface area contributed by atoms with Crippen LogP contribution < -0.4 is 10.7 Å². The van der Waals surface area contributed by atoms with E-state index in [1.807, 2.05) is 30.3 Å². The van der Waals surface area contributed by atoms with Crippen LogP contribution in [-0.2, 0) is 6.54 Å². The van der Waals surface area contributed by atoms with Crippen molar-refractivity contribution >= 4 is 29.1 Å². The summed E-state index contributed by atoms with van der Waals surface area (Å²) in [5, 5.41) is 4.12. The number of carbonyl (C=O) groups is 2. The molecular formula is C16H13N3O2S. The standard InChI is InChI=1S/C16H13N3O2S/c20-14-12-8-4-5-9-13(12)15(21)19(14)18-16(22)17-10-11-6-2-1-3-7-11/h1-9H,10H2,(H2,17,18,22). The highest BCUT2D eigenvalue weighted by Gasteiger charge is 2.35. The Balaban J connectivity index is 1.63. The fourth-order valence-electron chi connectivity index (χ4n) is 2.21. The van der Waals surface area contributed by atoms with Crippen molar-refractivity contribution in [3.05, 3.63) is 71.3 Å². The zero-order valence-corrected chi connectivity index (χ0v) is 12.4. The van der Waals surface area contributed by atoms with Gasteiger partial charge in [-0.3, -0.25) is 15.0 Å². The Morgan fingerprint density at radius 2 is 1.45 bits per heavy atom. The molecule has 2 N–H and O–H groups in total. The van der Waals surface area contributed by atoms with Gasteiger partial charge < -0.3 is 5.32 Å². The molecule has 0 radical (unpaired) electrons. The number of nitrogens with zero attached hydrogens (tertiary/aromatic N) is 1. The minimum Gasteiger partial charge on any atom is -0.357 e. The van der Waals surface area contributed by atoms with E-state index in [9.17, 15) is 9.59 Å². The van der Waals surface area contributed by atoms with Crippen molar-refractivity contribution in [2.75, 3.05) is 0 Å². The minimum absolute atomic E-state index is 0.221. The van der Waals surface area contributed by atoms with Crippen LogP contribution in [0.15, 0.2) is 54.6 Å². The van der Waals surface area contributed by atoms with E-state index in [-0.39, 0.29) is 5.11 Å². The third-order valence-electron chi connectivity index (χ3n) is 3.30. The summed E-state index contributed by atoms with van der Waals surface area (Å²) in [5.74, 6) is -0.797. The lowest BCUT2D eigenvalue weighted by Crippen LogP contribution is -2.49. The molecule has 22 heavy (non-hydrogen) atoms. The van der Waals surface area contributed by atoms with Gasteiger partial charge in [-0.25, -0.2) is 0 Å². The number of carbonyl (C=O) groups excluding carboxylic acids is 2. The monoisotopic (exact) mass is 311 g/mol. The molecule has 0 bridgehead atoms. The van der Waals surface area contributed by atoms with Gasteiger partial charge in [0.25, 0.3) is 11.8 Å². The molecule has 2 aromatic carbocycles. The second-order valence-electron chi connectivity index (χ2n) is 4.77. The number of hydrazine groups is 1. The predicted molar refractivity (Wildman–Crippen MR) is 86.0 cm³/mol. The molecule has 1 aliphatic rings. The van der Waals surface area contributed by atoms with Crippen molar-refractivity contribution < 1.29 is 9.59 Å². The number of fused-ring (bicyclic) bond motifs is 1. The summed E-state index contributed by atoms with van der Waals surface area (Å²) < 4.78 is 0. The number of amides is 2. The van der Waals surface area contributed by atoms with Crippen molar-refractivity contribution in [2.45, 2.75) is 6.54 Å². The number of nitrogens with one attached hydrogen (secondary N) is 2. The van der Waals surface area contributed by atoms with E-state index >= 15 is 0 Å². The van der Waals surface area contributed by atoms with Gasteiger partial charge in [0.2, 0.25) is 0 Å². The van der Waals surface area contributed by atoms with Crippen LogP contribution in [-0.4, -0.2) is 21.9 Å². The smallest absolute Gasteiger partial charge is 0.280 e. The minimum atomic E-state index is -0.399. The summed E-state index contributed by atoms with van der Waals surface area (Å²) in [6.45, 7) is 0.510. The summed E-state index contributed by atoms with van der Waals surface area (Å²) >= 11 is 5.14. The molecule has 2 amide bonds. The van der Waals surface area contributed by atoms with Gasteiger partial charge in [-0.05, 0) is 29.9 Å². The van der Waals surface area contributed by atoms with Gasteiger partial charge in [-0.2, -0.15) is 5.01 Å². The van der Waals surface area contributed by atoms with Crippen molar-refractivity contribution in [2.24, 2.45) is 0 Å². The fourth-order valence-corrected chi connectivity index (χ4v) is 2.37. The van der Waals surface area contributed by atoms with Gasteiger partial charge in [0.15, 0.2) is 5.11 Å². The van der Waals surface area contributed by atoms with Crippen molar-refractivity contribution in [3.63, 3.8) is 0 Å². The lowest BCUT2D eigenvalue weighted by molar-refractivity contribution is 0.0611. The van der Waals surface area contributed by atoms with E-state index in [2.05, 4.69) is 10.7 Å². The fraction of sp³-hybridized carbons (Fsp3) is 0.0625. The molecule has 110 valence electrons. The molecule has 0 atom stereocenters. The van der Waals surface area contributed by atoms with Crippen LogP contribution in [0.25, 0.3) is 0 Å². The van der Waals surface area contributed by atoms with Crippen LogP contribution >= 0.6 is 12.2 Å². The van der Waals surface area contributed by atoms with Crippen molar-refractivity contribution in [1.82, 2.24) is 15.8 Å². The Hall–Kier alpha value is -2.73. The molecule has 3 rings (SSSR count). The molecule has 0 unspecified atom stereocenters. The lowest BCUT2D eigenvalue weighted by Gasteiger charge is -2.17. The first-order chi connectivity index (χ1) is 10.7. The molecule has 0 aromatic heterocycles. The zero-order valence-electron chi connectivity index (χ0n) is 11.6. The molecule has 0 fully saturated rings. The van der Waals surface area contributed by atoms with Crippen LogP contribution in [0.5, 0.6) is 0 Å². The van der Waals surface area contributed by atoms with E-state index in [1.165, 1.54) is 0 Å². The van der Waals surface area contributed by atoms with E-state index in [1.54, 1.807) is 24.3 Å². The summed E-state index contributed by atoms with van der Waals surface area (Å²) in [6.07, 6.45) is 0. The third-order valence-corrected chi connectivity index (χ3v) is 3.54. The molecule has 1 aliphatic heterocycles. The number of rotatable bonds is 3. The maximum atomic E-state index is 12.2. The van der Waals surface area contributed by atoms with Crippen LogP contribution in [0.3, 0.4) is 0 Å². The number of hydrogen-bond donors (Lipinski definition) is 2. The van der Waals surface area contributed by atoms with E-state index in [0.29, 0.717) is 17.7 Å². The second kappa shape index (κ2) is 5.95. The molecule has 0 spiro atoms. The first kappa shape index (κ1) is 14.2. The highest BCUT2D eigenvalue weighted by Crippen LogP contribution is 2.20. The van der Waals surface area contributed by atoms with Crippen molar-refractivity contribution in [1.29, 1.82) is 0 Å². The molecule has 0 saturated heterocycles. The highest BCUT2D eigenvalue weighted by molar-refractivity contribution is 7.80. The van der Waals surface area contributed by atoms with E-state index < -0.39 is 11.8 Å². The van der Waals surface area contributed by atoms with Crippen LogP contribution in [0.1, 0.15) is 26.3 Å². The number of imide groups is 1. The van der Waals surface area contributed by atoms with Gasteiger partial charge in [-0.1, -0.05) is 42.5 Å². The first-order valence-electron chi connectivity index (χ1n) is 6.73. The summed E-state index contributed by atoms with van der Waals surface area (Å²) in [6, 6.07) is 16.4. The van der Waals surface area contributed by atoms with Gasteiger partial charge in [0, 0.05) is 6.54 Å². The molecule has 5 nitrogen and oxygen atoms in total. The lowest BCUT2D eigenvalue weighted by atomic mass is 10.1. The Labute approximate surface area is 132 Å². The molecule has 0 saturated carbocycles. The SMILES string of the molecule is O=C1c2ccccc2C(=O)N1NC(=S)NCc1ccccc1. The Morgan fingerprint density at radius 3 is 2.05 bits per heavy atom. The normalized spacial score (nSPS) is 13.0. The number of hydrogen-bond acceptors (Lipinski definition) is 3. The Morgan fingerprint density at radius 1 is 0.909 bits per heavy atom. The first-order valence-corrected chi connectivity index (χ1v) is 7.14. The van der Waals surface area contributed by atoms with Crippen LogP contribution in [0, 0.1) is 0 Å². The third kappa shape index (κ3) is 2.68. The van der Waals surface area contributed by atoms with Crippen LogP contribution in [0.2, 0.25) is 0 Å². The second-order valence-corrected chi connectivity index (χ2v) is 5.18. The molecule has 2 aromatic rings. The topological polar surface area (TPSA) is 61.4 Å². The summed E-state index contributed by atoms with van der Waals surface area (Å²) in [7, 11) is 0. The van der Waals surface area contributed by atoms with E-state index in [4.69, 9.17) is 12.2 Å². The van der Waals surface area contributed by atoms with Gasteiger partial charge in [0.05, 0.1) is 11.1 Å². The molecule has 1 heterocycles. The molecular weight excluding hydrogens is 298 g/mol. The highest BCUT2D eigenvalue weighted by atomic mass is 32.1. The molecule has 6 heteroatoms. The maximum Gasteiger partial charge on any atom is 0.280 e. The van der Waals surface area contributed by atoms with Gasteiger partial charge in [-0.15, -0.1) is 0 Å². The summed E-state index contributed by atoms with van der Waals surface area (Å²) in [5.41, 5.74) is 4.46. The molecule has 0 aliphatic carbocycles. The predicted octanol–water partition coefficient (Wildman–Crippen LogP) is 1.86. The Kier molecular flexibility index (Phi) is 3.84. The largest absolute Gasteiger partial charge is 0.357 e. The van der Waals surface area contributed by atoms with Crippen molar-refractivity contribution in [3.8, 4) is 0 Å². The summed E-state index contributed by atoms with van der Waals surface area (Å²) in [4.78, 5) is 24.3. The number of thiocarbonyl (C=S) groups is 1. The quantitative estimate of drug-likeness (QED) is 0.669. The zero-order chi connectivity index (χ0) is 15.5. The Bertz CT molecular complexity index is 711. The van der Waals surface area contributed by atoms with Gasteiger partial charge >= 0.3 is 0 Å².